The molecule has 2 aliphatic rings. The highest BCUT2D eigenvalue weighted by Gasteiger charge is 2.43. The maximum absolute atomic E-state index is 11.9. The third-order valence-corrected chi connectivity index (χ3v) is 9.51. The number of hydrogen-bond donors (Lipinski definition) is 0. The van der Waals surface area contributed by atoms with Crippen LogP contribution in [0.15, 0.2) is 9.72 Å². The number of unbranched alkanes of at least 4 members (excludes halogenated alkanes) is 5. The van der Waals surface area contributed by atoms with E-state index in [2.05, 4.69) is 11.9 Å². The van der Waals surface area contributed by atoms with Gasteiger partial charge >= 0.3 is 5.97 Å². The zero-order chi connectivity index (χ0) is 24.2. The largest absolute Gasteiger partial charge is 0.461 e. The molecule has 0 radical (unpaired) electrons. The molecule has 1 saturated carbocycles. The van der Waals surface area contributed by atoms with Crippen molar-refractivity contribution in [3.05, 3.63) is 11.1 Å². The van der Waals surface area contributed by atoms with Crippen molar-refractivity contribution < 1.29 is 19.0 Å². The predicted molar refractivity (Wildman–Crippen MR) is 141 cm³/mol. The van der Waals surface area contributed by atoms with Gasteiger partial charge in [0.1, 0.15) is 0 Å². The number of thiazole rings is 1. The first kappa shape index (κ1) is 28.2. The number of ether oxygens (including phenoxy) is 3. The fraction of sp³-hybridized carbons (Fsp3) is 0.846. The third kappa shape index (κ3) is 8.95. The Balaban J connectivity index is 1.52. The molecule has 34 heavy (non-hydrogen) atoms. The first-order chi connectivity index (χ1) is 16.6. The Hall–Kier alpha value is -0.340. The summed E-state index contributed by atoms with van der Waals surface area (Å²) in [5.41, 5.74) is 0.410. The Morgan fingerprint density at radius 2 is 2.00 bits per heavy atom. The van der Waals surface area contributed by atoms with Gasteiger partial charge in [0.15, 0.2) is 16.3 Å². The highest BCUT2D eigenvalue weighted by atomic mass is 35.5. The molecule has 2 fully saturated rings. The van der Waals surface area contributed by atoms with E-state index < -0.39 is 0 Å². The van der Waals surface area contributed by atoms with Crippen molar-refractivity contribution in [2.24, 2.45) is 11.8 Å². The fourth-order valence-corrected chi connectivity index (χ4v) is 7.54. The molecule has 1 aliphatic carbocycles. The minimum atomic E-state index is -0.342. The summed E-state index contributed by atoms with van der Waals surface area (Å²) >= 11 is 10.2. The number of hydrogen-bond acceptors (Lipinski definition) is 7. The average molecular weight is 532 g/mol. The van der Waals surface area contributed by atoms with E-state index in [0.29, 0.717) is 24.1 Å². The Bertz CT molecular complexity index is 713. The molecule has 194 valence electrons. The average Bonchev–Trinajstić information content (AvgIpc) is 3.42. The number of carbonyl (C=O) groups excluding carboxylic acids is 1. The third-order valence-electron chi connectivity index (χ3n) is 6.95. The number of carbonyl (C=O) groups is 1. The summed E-state index contributed by atoms with van der Waals surface area (Å²) in [6, 6.07) is 0. The van der Waals surface area contributed by atoms with Gasteiger partial charge < -0.3 is 14.2 Å². The van der Waals surface area contributed by atoms with Crippen LogP contribution in [-0.2, 0) is 14.2 Å². The zero-order valence-corrected chi connectivity index (χ0v) is 23.2. The van der Waals surface area contributed by atoms with E-state index in [4.69, 9.17) is 25.8 Å². The minimum absolute atomic E-state index is 0.0561. The van der Waals surface area contributed by atoms with Gasteiger partial charge in [-0.2, -0.15) is 0 Å². The summed E-state index contributed by atoms with van der Waals surface area (Å²) in [5.74, 6) is 1.55. The van der Waals surface area contributed by atoms with Crippen LogP contribution in [0.3, 0.4) is 0 Å². The molecule has 1 saturated heterocycles. The second-order valence-electron chi connectivity index (χ2n) is 9.46. The van der Waals surface area contributed by atoms with Gasteiger partial charge in [-0.05, 0) is 57.3 Å². The second-order valence-corrected chi connectivity index (χ2v) is 12.2. The summed E-state index contributed by atoms with van der Waals surface area (Å²) in [5, 5.41) is 1.93. The predicted octanol–water partition coefficient (Wildman–Crippen LogP) is 7.71. The van der Waals surface area contributed by atoms with Crippen molar-refractivity contribution in [2.45, 2.75) is 113 Å². The fourth-order valence-electron chi connectivity index (χ4n) is 5.15. The number of alkyl halides is 1. The molecular weight excluding hydrogens is 490 g/mol. The number of esters is 1. The van der Waals surface area contributed by atoms with Crippen molar-refractivity contribution in [3.63, 3.8) is 0 Å². The van der Waals surface area contributed by atoms with E-state index in [0.717, 1.165) is 42.4 Å². The SMILES string of the molecule is CCCCCCCC[C@@H]1[C@@H](CCSc2nc(C(=O)OCC)cs2)[C@H](Cl)C[C@H]1OC1CCCCO1. The van der Waals surface area contributed by atoms with Crippen LogP contribution in [0.1, 0.15) is 101 Å². The molecule has 0 bridgehead atoms. The lowest BCUT2D eigenvalue weighted by Gasteiger charge is -2.30. The number of halogens is 1. The molecular formula is C26H42ClNO4S2. The lowest BCUT2D eigenvalue weighted by Crippen LogP contribution is -2.31. The molecule has 8 heteroatoms. The molecule has 2 heterocycles. The Kier molecular flexibility index (Phi) is 13.0. The molecule has 0 N–H and O–H groups in total. The van der Waals surface area contributed by atoms with Crippen LogP contribution in [0.5, 0.6) is 0 Å². The lowest BCUT2D eigenvalue weighted by atomic mass is 9.87. The first-order valence-electron chi connectivity index (χ1n) is 13.3. The van der Waals surface area contributed by atoms with Crippen LogP contribution in [0, 0.1) is 11.8 Å². The normalized spacial score (nSPS) is 27.2. The summed E-state index contributed by atoms with van der Waals surface area (Å²) in [6.45, 7) is 5.25. The summed E-state index contributed by atoms with van der Waals surface area (Å²) in [6.07, 6.45) is 14.5. The van der Waals surface area contributed by atoms with E-state index in [-0.39, 0.29) is 23.7 Å². The van der Waals surface area contributed by atoms with E-state index in [1.54, 1.807) is 17.1 Å². The molecule has 1 unspecified atom stereocenters. The molecule has 5 nitrogen and oxygen atoms in total. The molecule has 1 aromatic rings. The quantitative estimate of drug-likeness (QED) is 0.0999. The molecule has 5 atom stereocenters. The molecule has 3 rings (SSSR count). The van der Waals surface area contributed by atoms with Gasteiger partial charge in [0, 0.05) is 23.1 Å². The van der Waals surface area contributed by atoms with Crippen LogP contribution in [0.2, 0.25) is 0 Å². The zero-order valence-electron chi connectivity index (χ0n) is 20.8. The van der Waals surface area contributed by atoms with Gasteiger partial charge in [-0.3, -0.25) is 0 Å². The van der Waals surface area contributed by atoms with E-state index in [1.807, 2.05) is 6.92 Å². The minimum Gasteiger partial charge on any atom is -0.461 e. The van der Waals surface area contributed by atoms with Crippen LogP contribution in [0.4, 0.5) is 0 Å². The van der Waals surface area contributed by atoms with Crippen LogP contribution >= 0.6 is 34.7 Å². The second kappa shape index (κ2) is 15.7. The van der Waals surface area contributed by atoms with E-state index >= 15 is 0 Å². The summed E-state index contributed by atoms with van der Waals surface area (Å²) in [4.78, 5) is 16.3. The van der Waals surface area contributed by atoms with Crippen molar-refractivity contribution in [3.8, 4) is 0 Å². The van der Waals surface area contributed by atoms with E-state index in [9.17, 15) is 4.79 Å². The standard InChI is InChI=1S/C26H42ClNO4S2/c1-3-5-6-7-8-9-12-20-19(21(27)17-23(20)32-24-13-10-11-15-31-24)14-16-33-26-28-22(18-34-26)25(29)30-4-2/h18-21,23-24H,3-17H2,1-2H3/t19-,20-,21-,23-,24?/m1/s1. The Morgan fingerprint density at radius 3 is 2.76 bits per heavy atom. The van der Waals surface area contributed by atoms with Crippen molar-refractivity contribution in [1.29, 1.82) is 0 Å². The number of thioether (sulfide) groups is 1. The lowest BCUT2D eigenvalue weighted by molar-refractivity contribution is -0.196. The summed E-state index contributed by atoms with van der Waals surface area (Å²) in [7, 11) is 0. The maximum Gasteiger partial charge on any atom is 0.357 e. The topological polar surface area (TPSA) is 57.7 Å². The highest BCUT2D eigenvalue weighted by molar-refractivity contribution is 8.01. The smallest absolute Gasteiger partial charge is 0.357 e. The Morgan fingerprint density at radius 1 is 1.18 bits per heavy atom. The van der Waals surface area contributed by atoms with Crippen LogP contribution < -0.4 is 0 Å². The number of rotatable bonds is 15. The summed E-state index contributed by atoms with van der Waals surface area (Å²) < 4.78 is 18.4. The first-order valence-corrected chi connectivity index (χ1v) is 15.6. The van der Waals surface area contributed by atoms with Gasteiger partial charge in [0.05, 0.1) is 12.7 Å². The van der Waals surface area contributed by atoms with Gasteiger partial charge in [-0.15, -0.1) is 22.9 Å². The maximum atomic E-state index is 11.9. The van der Waals surface area contributed by atoms with Crippen molar-refractivity contribution >= 4 is 40.7 Å². The van der Waals surface area contributed by atoms with Crippen molar-refractivity contribution in [2.75, 3.05) is 19.0 Å². The Labute approximate surface area is 219 Å². The molecule has 0 aromatic carbocycles. The molecule has 1 aliphatic heterocycles. The van der Waals surface area contributed by atoms with E-state index in [1.165, 1.54) is 62.7 Å². The molecule has 1 aromatic heterocycles. The number of nitrogens with zero attached hydrogens (tertiary/aromatic N) is 1. The number of aromatic nitrogens is 1. The van der Waals surface area contributed by atoms with Crippen LogP contribution in [-0.4, -0.2) is 47.7 Å². The molecule has 0 spiro atoms. The van der Waals surface area contributed by atoms with Crippen molar-refractivity contribution in [1.82, 2.24) is 4.98 Å². The van der Waals surface area contributed by atoms with Gasteiger partial charge in [0.25, 0.3) is 0 Å². The van der Waals surface area contributed by atoms with Crippen LogP contribution in [0.25, 0.3) is 0 Å². The molecule has 0 amide bonds. The van der Waals surface area contributed by atoms with Gasteiger partial charge in [0.2, 0.25) is 0 Å². The highest BCUT2D eigenvalue weighted by Crippen LogP contribution is 2.44. The van der Waals surface area contributed by atoms with Gasteiger partial charge in [-0.25, -0.2) is 9.78 Å². The van der Waals surface area contributed by atoms with Gasteiger partial charge in [-0.1, -0.05) is 57.2 Å². The monoisotopic (exact) mass is 531 g/mol.